The van der Waals surface area contributed by atoms with Gasteiger partial charge in [0.15, 0.2) is 0 Å². The van der Waals surface area contributed by atoms with Crippen molar-refractivity contribution in [3.05, 3.63) is 23.4 Å². The van der Waals surface area contributed by atoms with Gasteiger partial charge in [-0.1, -0.05) is 0 Å². The van der Waals surface area contributed by atoms with E-state index in [1.807, 2.05) is 9.80 Å². The minimum absolute atomic E-state index is 0.201. The molecule has 2 saturated heterocycles. The minimum Gasteiger partial charge on any atom is -0.393 e. The van der Waals surface area contributed by atoms with Gasteiger partial charge in [-0.2, -0.15) is 13.2 Å². The first kappa shape index (κ1) is 20.4. The van der Waals surface area contributed by atoms with Crippen LogP contribution in [0.15, 0.2) is 12.1 Å². The van der Waals surface area contributed by atoms with Gasteiger partial charge in [-0.3, -0.25) is 4.79 Å². The summed E-state index contributed by atoms with van der Waals surface area (Å²) in [5.74, 6) is 0.544. The maximum Gasteiger partial charge on any atom is 0.416 e. The van der Waals surface area contributed by atoms with Crippen molar-refractivity contribution in [2.24, 2.45) is 5.41 Å². The van der Waals surface area contributed by atoms with Crippen LogP contribution in [0.3, 0.4) is 0 Å². The molecule has 0 atom stereocenters. The second kappa shape index (κ2) is 7.45. The van der Waals surface area contributed by atoms with Crippen LogP contribution in [0.2, 0.25) is 0 Å². The molecule has 1 spiro atoms. The normalized spacial score (nSPS) is 27.7. The number of anilines is 1. The van der Waals surface area contributed by atoms with E-state index in [-0.39, 0.29) is 23.5 Å². The van der Waals surface area contributed by atoms with Crippen LogP contribution in [-0.2, 0) is 11.0 Å². The monoisotopic (exact) mass is 411 g/mol. The second-order valence-electron chi connectivity index (χ2n) is 8.83. The lowest BCUT2D eigenvalue weighted by atomic mass is 9.77. The Bertz CT molecular complexity index is 767. The first-order valence-electron chi connectivity index (χ1n) is 10.5. The number of hydrogen-bond acceptors (Lipinski definition) is 4. The Morgan fingerprint density at radius 2 is 1.69 bits per heavy atom. The summed E-state index contributed by atoms with van der Waals surface area (Å²) in [5.41, 5.74) is -0.718. The van der Waals surface area contributed by atoms with Gasteiger partial charge >= 0.3 is 6.18 Å². The van der Waals surface area contributed by atoms with Crippen LogP contribution in [0, 0.1) is 12.3 Å². The highest BCUT2D eigenvalue weighted by molar-refractivity contribution is 5.85. The van der Waals surface area contributed by atoms with Gasteiger partial charge < -0.3 is 14.9 Å². The second-order valence-corrected chi connectivity index (χ2v) is 8.83. The van der Waals surface area contributed by atoms with Crippen LogP contribution in [0.1, 0.15) is 56.2 Å². The van der Waals surface area contributed by atoms with Crippen molar-refractivity contribution in [2.45, 2.75) is 70.2 Å². The lowest BCUT2D eigenvalue weighted by molar-refractivity contribution is -0.140. The number of carbonyl (C=O) groups is 1. The van der Waals surface area contributed by atoms with E-state index in [1.54, 1.807) is 6.92 Å². The number of aliphatic hydroxyl groups is 1. The molecule has 1 saturated carbocycles. The molecule has 1 aliphatic carbocycles. The Morgan fingerprint density at radius 3 is 2.31 bits per heavy atom. The third kappa shape index (κ3) is 3.96. The zero-order valence-corrected chi connectivity index (χ0v) is 16.7. The Morgan fingerprint density at radius 1 is 1.07 bits per heavy atom. The molecule has 2 aliphatic heterocycles. The molecular weight excluding hydrogens is 383 g/mol. The number of amides is 1. The number of aromatic nitrogens is 1. The van der Waals surface area contributed by atoms with E-state index in [2.05, 4.69) is 4.98 Å². The summed E-state index contributed by atoms with van der Waals surface area (Å²) >= 11 is 0. The molecule has 29 heavy (non-hydrogen) atoms. The maximum absolute atomic E-state index is 13.2. The van der Waals surface area contributed by atoms with Crippen molar-refractivity contribution in [1.29, 1.82) is 0 Å². The number of aryl methyl sites for hydroxylation is 1. The van der Waals surface area contributed by atoms with Gasteiger partial charge in [0.05, 0.1) is 17.1 Å². The van der Waals surface area contributed by atoms with E-state index in [4.69, 9.17) is 0 Å². The molecule has 160 valence electrons. The molecule has 3 heterocycles. The number of hydrogen-bond donors (Lipinski definition) is 1. The molecular formula is C21H28F3N3O2. The number of alkyl halides is 3. The van der Waals surface area contributed by atoms with Crippen LogP contribution >= 0.6 is 0 Å². The average Bonchev–Trinajstić information content (AvgIpc) is 2.98. The van der Waals surface area contributed by atoms with E-state index >= 15 is 0 Å². The molecule has 4 rings (SSSR count). The summed E-state index contributed by atoms with van der Waals surface area (Å²) in [5, 5.41) is 9.72. The molecule has 1 aromatic rings. The van der Waals surface area contributed by atoms with Gasteiger partial charge in [0.1, 0.15) is 5.82 Å². The molecule has 1 N–H and O–H groups in total. The number of carbonyl (C=O) groups excluding carboxylic acids is 1. The number of rotatable bonds is 2. The number of halogens is 3. The largest absolute Gasteiger partial charge is 0.416 e. The lowest BCUT2D eigenvalue weighted by Gasteiger charge is -2.40. The lowest BCUT2D eigenvalue weighted by Crippen LogP contribution is -2.47. The molecule has 3 aliphatic rings. The van der Waals surface area contributed by atoms with E-state index in [1.165, 1.54) is 0 Å². The van der Waals surface area contributed by atoms with E-state index in [0.29, 0.717) is 37.4 Å². The van der Waals surface area contributed by atoms with Crippen molar-refractivity contribution < 1.29 is 23.1 Å². The van der Waals surface area contributed by atoms with E-state index < -0.39 is 11.7 Å². The average molecular weight is 411 g/mol. The van der Waals surface area contributed by atoms with Gasteiger partial charge in [-0.05, 0) is 64.0 Å². The van der Waals surface area contributed by atoms with Crippen molar-refractivity contribution >= 4 is 11.7 Å². The van der Waals surface area contributed by atoms with Crippen molar-refractivity contribution in [3.8, 4) is 0 Å². The Balaban J connectivity index is 1.43. The number of aliphatic hydroxyl groups excluding tert-OH is 1. The quantitative estimate of drug-likeness (QED) is 0.809. The van der Waals surface area contributed by atoms with E-state index in [9.17, 15) is 23.1 Å². The van der Waals surface area contributed by atoms with Crippen LogP contribution < -0.4 is 4.90 Å². The number of likely N-dealkylation sites (tertiary alicyclic amines) is 1. The smallest absolute Gasteiger partial charge is 0.393 e. The molecule has 0 bridgehead atoms. The third-order valence-electron chi connectivity index (χ3n) is 6.96. The Labute approximate surface area is 168 Å². The summed E-state index contributed by atoms with van der Waals surface area (Å²) in [6.07, 6.45) is 0.660. The van der Waals surface area contributed by atoms with E-state index in [0.717, 1.165) is 50.8 Å². The van der Waals surface area contributed by atoms with Gasteiger partial charge in [-0.15, -0.1) is 0 Å². The fraction of sp³-hybridized carbons (Fsp3) is 0.714. The molecule has 0 unspecified atom stereocenters. The van der Waals surface area contributed by atoms with Gasteiger partial charge in [0.25, 0.3) is 0 Å². The zero-order chi connectivity index (χ0) is 20.8. The molecule has 3 fully saturated rings. The van der Waals surface area contributed by atoms with Crippen LogP contribution in [-0.4, -0.2) is 52.7 Å². The topological polar surface area (TPSA) is 56.7 Å². The minimum atomic E-state index is -4.39. The Kier molecular flexibility index (Phi) is 5.25. The predicted molar refractivity (Wildman–Crippen MR) is 102 cm³/mol. The highest BCUT2D eigenvalue weighted by atomic mass is 19.4. The van der Waals surface area contributed by atoms with Gasteiger partial charge in [-0.25, -0.2) is 4.98 Å². The van der Waals surface area contributed by atoms with Crippen molar-refractivity contribution in [1.82, 2.24) is 9.88 Å². The summed E-state index contributed by atoms with van der Waals surface area (Å²) in [7, 11) is 0. The molecule has 0 radical (unpaired) electrons. The predicted octanol–water partition coefficient (Wildman–Crippen LogP) is 3.53. The van der Waals surface area contributed by atoms with Crippen LogP contribution in [0.25, 0.3) is 0 Å². The molecule has 5 nitrogen and oxygen atoms in total. The number of nitrogens with zero attached hydrogens (tertiary/aromatic N) is 3. The van der Waals surface area contributed by atoms with Gasteiger partial charge in [0.2, 0.25) is 5.91 Å². The third-order valence-corrected chi connectivity index (χ3v) is 6.96. The standard InChI is InChI=1S/C21H28F3N3O2/c1-14-12-15(21(22,23)24)13-18(25-14)26-9-6-20(7-10-26)8-11-27(19(20)29)16-2-4-17(28)5-3-16/h12-13,16-17,28H,2-11H2,1H3. The molecule has 0 aromatic carbocycles. The van der Waals surface area contributed by atoms with Crippen molar-refractivity contribution in [3.63, 3.8) is 0 Å². The highest BCUT2D eigenvalue weighted by Crippen LogP contribution is 2.44. The molecule has 1 aromatic heterocycles. The summed E-state index contributed by atoms with van der Waals surface area (Å²) in [4.78, 5) is 21.4. The van der Waals surface area contributed by atoms with Crippen molar-refractivity contribution in [2.75, 3.05) is 24.5 Å². The first-order chi connectivity index (χ1) is 13.7. The fourth-order valence-electron chi connectivity index (χ4n) is 5.17. The van der Waals surface area contributed by atoms with Crippen LogP contribution in [0.4, 0.5) is 19.0 Å². The maximum atomic E-state index is 13.2. The highest BCUT2D eigenvalue weighted by Gasteiger charge is 2.50. The first-order valence-corrected chi connectivity index (χ1v) is 10.5. The fourth-order valence-corrected chi connectivity index (χ4v) is 5.17. The van der Waals surface area contributed by atoms with Crippen LogP contribution in [0.5, 0.6) is 0 Å². The summed E-state index contributed by atoms with van der Waals surface area (Å²) in [6, 6.07) is 2.39. The summed E-state index contributed by atoms with van der Waals surface area (Å²) in [6.45, 7) is 3.40. The summed E-state index contributed by atoms with van der Waals surface area (Å²) < 4.78 is 39.4. The molecule has 1 amide bonds. The Hall–Kier alpha value is -1.83. The zero-order valence-electron chi connectivity index (χ0n) is 16.7. The van der Waals surface area contributed by atoms with Gasteiger partial charge in [0, 0.05) is 31.4 Å². The molecule has 8 heteroatoms. The SMILES string of the molecule is Cc1cc(C(F)(F)F)cc(N2CCC3(CC2)CCN(C2CCC(O)CC2)C3=O)n1. The number of pyridine rings is 1. The number of piperidine rings is 1.